The molecule has 0 aliphatic rings. The van der Waals surface area contributed by atoms with Gasteiger partial charge in [0.2, 0.25) is 0 Å². The van der Waals surface area contributed by atoms with Crippen molar-refractivity contribution in [2.24, 2.45) is 4.99 Å². The number of hydrogen-bond acceptors (Lipinski definition) is 2. The molecule has 0 fully saturated rings. The van der Waals surface area contributed by atoms with E-state index in [0.29, 0.717) is 13.2 Å². The van der Waals surface area contributed by atoms with Crippen molar-refractivity contribution >= 4 is 16.9 Å². The number of ether oxygens (including phenoxy) is 1. The van der Waals surface area contributed by atoms with Crippen LogP contribution < -0.4 is 15.4 Å². The molecular formula is C22H26N4O. The molecule has 1 heterocycles. The molecule has 0 radical (unpaired) electrons. The lowest BCUT2D eigenvalue weighted by molar-refractivity contribution is 0.358. The topological polar surface area (TPSA) is 61.4 Å². The van der Waals surface area contributed by atoms with Gasteiger partial charge in [-0.25, -0.2) is 0 Å². The highest BCUT2D eigenvalue weighted by molar-refractivity contribution is 5.83. The molecule has 0 saturated carbocycles. The van der Waals surface area contributed by atoms with E-state index in [1.165, 1.54) is 16.5 Å². The van der Waals surface area contributed by atoms with Crippen molar-refractivity contribution in [2.75, 3.05) is 20.2 Å². The SMILES string of the molecule is C=CCOc1ccccc1CNC(=NC)NCCc1c[nH]c2ccccc12. The lowest BCUT2D eigenvalue weighted by Gasteiger charge is -2.14. The maximum atomic E-state index is 5.70. The predicted octanol–water partition coefficient (Wildman–Crippen LogP) is 3.64. The third-order valence-electron chi connectivity index (χ3n) is 4.36. The lowest BCUT2D eigenvalue weighted by Crippen LogP contribution is -2.37. The summed E-state index contributed by atoms with van der Waals surface area (Å²) in [4.78, 5) is 7.62. The van der Waals surface area contributed by atoms with Gasteiger partial charge in [-0.05, 0) is 24.1 Å². The zero-order chi connectivity index (χ0) is 18.9. The van der Waals surface area contributed by atoms with E-state index in [1.807, 2.05) is 30.3 Å². The van der Waals surface area contributed by atoms with E-state index in [0.717, 1.165) is 30.2 Å². The molecule has 0 unspecified atom stereocenters. The van der Waals surface area contributed by atoms with Crippen molar-refractivity contribution in [3.8, 4) is 5.75 Å². The summed E-state index contributed by atoms with van der Waals surface area (Å²) in [7, 11) is 1.78. The van der Waals surface area contributed by atoms with Crippen LogP contribution in [0.2, 0.25) is 0 Å². The molecule has 0 saturated heterocycles. The van der Waals surface area contributed by atoms with Crippen LogP contribution in [0.15, 0.2) is 72.4 Å². The second kappa shape index (κ2) is 9.48. The van der Waals surface area contributed by atoms with Crippen LogP contribution >= 0.6 is 0 Å². The van der Waals surface area contributed by atoms with Gasteiger partial charge >= 0.3 is 0 Å². The summed E-state index contributed by atoms with van der Waals surface area (Å²) in [6.07, 6.45) is 4.74. The Labute approximate surface area is 160 Å². The summed E-state index contributed by atoms with van der Waals surface area (Å²) in [5.74, 6) is 1.63. The Balaban J connectivity index is 1.52. The zero-order valence-corrected chi connectivity index (χ0v) is 15.7. The summed E-state index contributed by atoms with van der Waals surface area (Å²) in [6.45, 7) is 5.63. The van der Waals surface area contributed by atoms with Crippen molar-refractivity contribution in [1.29, 1.82) is 0 Å². The van der Waals surface area contributed by atoms with Gasteiger partial charge in [0.25, 0.3) is 0 Å². The number of aromatic amines is 1. The van der Waals surface area contributed by atoms with E-state index in [9.17, 15) is 0 Å². The van der Waals surface area contributed by atoms with Crippen LogP contribution in [0.3, 0.4) is 0 Å². The van der Waals surface area contributed by atoms with E-state index < -0.39 is 0 Å². The van der Waals surface area contributed by atoms with Crippen LogP contribution in [0.1, 0.15) is 11.1 Å². The fourth-order valence-corrected chi connectivity index (χ4v) is 2.99. The number of guanidine groups is 1. The highest BCUT2D eigenvalue weighted by atomic mass is 16.5. The van der Waals surface area contributed by atoms with Crippen LogP contribution in [-0.4, -0.2) is 31.1 Å². The number of nitrogens with one attached hydrogen (secondary N) is 3. The Morgan fingerprint density at radius 2 is 1.93 bits per heavy atom. The molecule has 0 atom stereocenters. The largest absolute Gasteiger partial charge is 0.489 e. The summed E-state index contributed by atoms with van der Waals surface area (Å²) in [5, 5.41) is 7.99. The summed E-state index contributed by atoms with van der Waals surface area (Å²) in [6, 6.07) is 16.3. The molecule has 1 aromatic heterocycles. The Morgan fingerprint density at radius 3 is 2.78 bits per heavy atom. The van der Waals surface area contributed by atoms with E-state index in [2.05, 4.69) is 51.6 Å². The first-order chi connectivity index (χ1) is 13.3. The summed E-state index contributed by atoms with van der Waals surface area (Å²) >= 11 is 0. The van der Waals surface area contributed by atoms with Crippen molar-refractivity contribution in [1.82, 2.24) is 15.6 Å². The standard InChI is InChI=1S/C22H26N4O/c1-3-14-27-21-11-7-4-8-18(21)16-26-22(23-2)24-13-12-17-15-25-20-10-6-5-9-19(17)20/h3-11,15,25H,1,12-14,16H2,2H3,(H2,23,24,26). The molecule has 140 valence electrons. The minimum absolute atomic E-state index is 0.495. The monoisotopic (exact) mass is 362 g/mol. The molecule has 5 nitrogen and oxygen atoms in total. The first kappa shape index (κ1) is 18.6. The summed E-state index contributed by atoms with van der Waals surface area (Å²) in [5.41, 5.74) is 3.56. The van der Waals surface area contributed by atoms with E-state index in [4.69, 9.17) is 4.74 Å². The van der Waals surface area contributed by atoms with Crippen molar-refractivity contribution in [3.63, 3.8) is 0 Å². The van der Waals surface area contributed by atoms with Gasteiger partial charge in [0.1, 0.15) is 12.4 Å². The first-order valence-electron chi connectivity index (χ1n) is 9.13. The first-order valence-corrected chi connectivity index (χ1v) is 9.13. The number of rotatable bonds is 8. The minimum Gasteiger partial charge on any atom is -0.489 e. The number of aromatic nitrogens is 1. The highest BCUT2D eigenvalue weighted by Gasteiger charge is 2.06. The van der Waals surface area contributed by atoms with E-state index in [-0.39, 0.29) is 0 Å². The van der Waals surface area contributed by atoms with E-state index in [1.54, 1.807) is 13.1 Å². The number of fused-ring (bicyclic) bond motifs is 1. The van der Waals surface area contributed by atoms with Crippen LogP contribution in [0.5, 0.6) is 5.75 Å². The number of H-pyrrole nitrogens is 1. The zero-order valence-electron chi connectivity index (χ0n) is 15.7. The smallest absolute Gasteiger partial charge is 0.191 e. The fourth-order valence-electron chi connectivity index (χ4n) is 2.99. The maximum absolute atomic E-state index is 5.70. The number of aliphatic imine (C=N–C) groups is 1. The highest BCUT2D eigenvalue weighted by Crippen LogP contribution is 2.18. The van der Waals surface area contributed by atoms with Gasteiger partial charge in [0.05, 0.1) is 0 Å². The van der Waals surface area contributed by atoms with Gasteiger partial charge < -0.3 is 20.4 Å². The van der Waals surface area contributed by atoms with Crippen LogP contribution in [0, 0.1) is 0 Å². The average Bonchev–Trinajstić information content (AvgIpc) is 3.13. The molecule has 0 bridgehead atoms. The molecule has 5 heteroatoms. The number of para-hydroxylation sites is 2. The second-order valence-electron chi connectivity index (χ2n) is 6.17. The van der Waals surface area contributed by atoms with Crippen LogP contribution in [0.25, 0.3) is 10.9 Å². The number of hydrogen-bond donors (Lipinski definition) is 3. The number of nitrogens with zero attached hydrogens (tertiary/aromatic N) is 1. The molecule has 27 heavy (non-hydrogen) atoms. The Morgan fingerprint density at radius 1 is 1.11 bits per heavy atom. The maximum Gasteiger partial charge on any atom is 0.191 e. The van der Waals surface area contributed by atoms with Gasteiger partial charge in [-0.3, -0.25) is 4.99 Å². The molecule has 0 aliphatic carbocycles. The van der Waals surface area contributed by atoms with Crippen molar-refractivity contribution in [2.45, 2.75) is 13.0 Å². The molecule has 0 amide bonds. The fraction of sp³-hybridized carbons (Fsp3) is 0.227. The quantitative estimate of drug-likeness (QED) is 0.326. The van der Waals surface area contributed by atoms with Gasteiger partial charge in [-0.15, -0.1) is 0 Å². The van der Waals surface area contributed by atoms with Crippen LogP contribution in [-0.2, 0) is 13.0 Å². The van der Waals surface area contributed by atoms with Crippen molar-refractivity contribution < 1.29 is 4.74 Å². The number of benzene rings is 2. The predicted molar refractivity (Wildman–Crippen MR) is 112 cm³/mol. The molecular weight excluding hydrogens is 336 g/mol. The van der Waals surface area contributed by atoms with Gasteiger partial charge in [-0.1, -0.05) is 49.1 Å². The molecule has 0 spiro atoms. The minimum atomic E-state index is 0.495. The molecule has 3 N–H and O–H groups in total. The average molecular weight is 362 g/mol. The second-order valence-corrected chi connectivity index (χ2v) is 6.17. The normalized spacial score (nSPS) is 11.4. The Kier molecular flexibility index (Phi) is 6.52. The Hall–Kier alpha value is -3.21. The molecule has 3 aromatic rings. The third-order valence-corrected chi connectivity index (χ3v) is 4.36. The lowest BCUT2D eigenvalue weighted by atomic mass is 10.1. The Bertz CT molecular complexity index is 913. The van der Waals surface area contributed by atoms with Gasteiger partial charge in [0, 0.05) is 42.8 Å². The van der Waals surface area contributed by atoms with Crippen molar-refractivity contribution in [3.05, 3.63) is 78.5 Å². The van der Waals surface area contributed by atoms with Crippen LogP contribution in [0.4, 0.5) is 0 Å². The van der Waals surface area contributed by atoms with Gasteiger partial charge in [-0.2, -0.15) is 0 Å². The molecule has 0 aliphatic heterocycles. The van der Waals surface area contributed by atoms with Gasteiger partial charge in [0.15, 0.2) is 5.96 Å². The van der Waals surface area contributed by atoms with E-state index >= 15 is 0 Å². The third kappa shape index (κ3) is 4.91. The summed E-state index contributed by atoms with van der Waals surface area (Å²) < 4.78 is 5.70. The molecule has 3 rings (SSSR count). The molecule has 2 aromatic carbocycles.